The number of aryl methyl sites for hydroxylation is 1. The fraction of sp³-hybridized carbons (Fsp3) is 0.667. The number of likely N-dealkylation sites (N-methyl/N-ethyl adjacent to an activating group) is 2. The Morgan fingerprint density at radius 3 is 2.32 bits per heavy atom. The molecule has 2 aliphatic heterocycles. The van der Waals surface area contributed by atoms with Gasteiger partial charge in [-0.2, -0.15) is 0 Å². The molecule has 172 valence electrons. The summed E-state index contributed by atoms with van der Waals surface area (Å²) < 4.78 is 5.23. The van der Waals surface area contributed by atoms with Crippen molar-refractivity contribution in [3.63, 3.8) is 0 Å². The first-order valence-electron chi connectivity index (χ1n) is 11.5. The van der Waals surface area contributed by atoms with Gasteiger partial charge in [-0.1, -0.05) is 12.1 Å². The fourth-order valence-corrected chi connectivity index (χ4v) is 4.89. The molecule has 31 heavy (non-hydrogen) atoms. The Labute approximate surface area is 186 Å². The molecule has 1 spiro atoms. The van der Waals surface area contributed by atoms with Crippen LogP contribution in [0.5, 0.6) is 5.75 Å². The minimum atomic E-state index is -0.648. The van der Waals surface area contributed by atoms with Crippen LogP contribution in [0, 0.1) is 0 Å². The average molecular weight is 431 g/mol. The molecule has 2 aliphatic rings. The van der Waals surface area contributed by atoms with Gasteiger partial charge >= 0.3 is 6.03 Å². The lowest BCUT2D eigenvalue weighted by molar-refractivity contribution is -0.136. The zero-order valence-electron chi connectivity index (χ0n) is 19.8. The van der Waals surface area contributed by atoms with Gasteiger partial charge in [-0.25, -0.2) is 4.79 Å². The zero-order valence-corrected chi connectivity index (χ0v) is 19.8. The van der Waals surface area contributed by atoms with Crippen molar-refractivity contribution in [3.8, 4) is 5.75 Å². The van der Waals surface area contributed by atoms with E-state index in [4.69, 9.17) is 4.74 Å². The van der Waals surface area contributed by atoms with Gasteiger partial charge in [-0.05, 0) is 71.3 Å². The van der Waals surface area contributed by atoms with Crippen LogP contribution in [0.1, 0.15) is 38.7 Å². The van der Waals surface area contributed by atoms with Gasteiger partial charge in [-0.15, -0.1) is 0 Å². The van der Waals surface area contributed by atoms with Crippen molar-refractivity contribution >= 4 is 11.9 Å². The lowest BCUT2D eigenvalue weighted by Gasteiger charge is -2.43. The molecule has 0 N–H and O–H groups in total. The number of carbonyl (C=O) groups is 2. The smallest absolute Gasteiger partial charge is 0.327 e. The maximum absolute atomic E-state index is 13.3. The molecule has 2 saturated heterocycles. The second-order valence-corrected chi connectivity index (χ2v) is 9.09. The molecule has 0 saturated carbocycles. The topological polar surface area (TPSA) is 56.3 Å². The fourth-order valence-electron chi connectivity index (χ4n) is 4.89. The molecular formula is C24H38N4O3. The monoisotopic (exact) mass is 430 g/mol. The van der Waals surface area contributed by atoms with Gasteiger partial charge < -0.3 is 19.4 Å². The normalized spacial score (nSPS) is 20.2. The number of urea groups is 1. The van der Waals surface area contributed by atoms with E-state index in [1.807, 2.05) is 43.0 Å². The van der Waals surface area contributed by atoms with Gasteiger partial charge in [0.1, 0.15) is 11.3 Å². The van der Waals surface area contributed by atoms with Crippen LogP contribution in [0.15, 0.2) is 24.3 Å². The minimum Gasteiger partial charge on any atom is -0.497 e. The summed E-state index contributed by atoms with van der Waals surface area (Å²) in [6, 6.07) is 8.59. The van der Waals surface area contributed by atoms with E-state index in [9.17, 15) is 9.59 Å². The third kappa shape index (κ3) is 4.88. The van der Waals surface area contributed by atoms with E-state index in [-0.39, 0.29) is 11.9 Å². The molecule has 0 aliphatic carbocycles. The Kier molecular flexibility index (Phi) is 7.59. The molecule has 0 unspecified atom stereocenters. The number of hydrogen-bond acceptors (Lipinski definition) is 5. The van der Waals surface area contributed by atoms with Crippen LogP contribution in [0.3, 0.4) is 0 Å². The summed E-state index contributed by atoms with van der Waals surface area (Å²) in [4.78, 5) is 34.1. The van der Waals surface area contributed by atoms with E-state index in [2.05, 4.69) is 24.0 Å². The zero-order chi connectivity index (χ0) is 22.6. The Bertz CT molecular complexity index is 757. The molecule has 1 aromatic carbocycles. The van der Waals surface area contributed by atoms with Crippen LogP contribution in [0.2, 0.25) is 0 Å². The van der Waals surface area contributed by atoms with Crippen LogP contribution in [0.25, 0.3) is 0 Å². The highest BCUT2D eigenvalue weighted by Crippen LogP contribution is 2.37. The van der Waals surface area contributed by atoms with E-state index >= 15 is 0 Å². The Morgan fingerprint density at radius 1 is 1.13 bits per heavy atom. The first-order valence-corrected chi connectivity index (χ1v) is 11.5. The van der Waals surface area contributed by atoms with Crippen LogP contribution >= 0.6 is 0 Å². The molecule has 2 fully saturated rings. The van der Waals surface area contributed by atoms with Crippen LogP contribution in [-0.4, -0.2) is 97.0 Å². The highest BCUT2D eigenvalue weighted by Gasteiger charge is 2.57. The van der Waals surface area contributed by atoms with Gasteiger partial charge in [0.15, 0.2) is 0 Å². The predicted molar refractivity (Wildman–Crippen MR) is 122 cm³/mol. The number of rotatable bonds is 9. The Hall–Kier alpha value is -2.12. The van der Waals surface area contributed by atoms with Crippen molar-refractivity contribution in [1.29, 1.82) is 0 Å². The summed E-state index contributed by atoms with van der Waals surface area (Å²) in [5.74, 6) is 0.890. The molecule has 7 heteroatoms. The molecule has 0 radical (unpaired) electrons. The summed E-state index contributed by atoms with van der Waals surface area (Å²) in [6.45, 7) is 7.68. The first-order chi connectivity index (χ1) is 14.8. The van der Waals surface area contributed by atoms with Gasteiger partial charge in [0.05, 0.1) is 7.11 Å². The average Bonchev–Trinajstić information content (AvgIpc) is 2.96. The third-order valence-corrected chi connectivity index (χ3v) is 6.97. The summed E-state index contributed by atoms with van der Waals surface area (Å²) in [6.07, 6.45) is 3.52. The lowest BCUT2D eigenvalue weighted by atomic mass is 9.85. The van der Waals surface area contributed by atoms with Gasteiger partial charge in [-0.3, -0.25) is 9.69 Å². The highest BCUT2D eigenvalue weighted by molar-refractivity contribution is 6.07. The molecule has 1 atom stereocenters. The van der Waals surface area contributed by atoms with Gasteiger partial charge in [0, 0.05) is 38.8 Å². The molecular weight excluding hydrogens is 392 g/mol. The number of amides is 3. The molecule has 1 aromatic rings. The van der Waals surface area contributed by atoms with Crippen molar-refractivity contribution in [3.05, 3.63) is 29.8 Å². The second kappa shape index (κ2) is 10.0. The largest absolute Gasteiger partial charge is 0.497 e. The standard InChI is InChI=1S/C24H38N4O3/c1-6-28-23(30)27(18-17-25(3)4)22(29)24(28)13-15-26(16-14-24)19(2)7-8-20-9-11-21(31-5)12-10-20/h9-12,19H,6-8,13-18H2,1-5H3/t19-/m0/s1. The van der Waals surface area contributed by atoms with Crippen molar-refractivity contribution in [2.45, 2.75) is 51.1 Å². The van der Waals surface area contributed by atoms with Crippen LogP contribution < -0.4 is 4.74 Å². The molecule has 0 bridgehead atoms. The van der Waals surface area contributed by atoms with Gasteiger partial charge in [0.25, 0.3) is 5.91 Å². The number of benzene rings is 1. The predicted octanol–water partition coefficient (Wildman–Crippen LogP) is 2.70. The van der Waals surface area contributed by atoms with E-state index in [1.54, 1.807) is 7.11 Å². The summed E-state index contributed by atoms with van der Waals surface area (Å²) in [7, 11) is 5.61. The molecule has 3 rings (SSSR count). The maximum Gasteiger partial charge on any atom is 0.327 e. The number of piperidine rings is 1. The van der Waals surface area contributed by atoms with Crippen molar-refractivity contribution in [2.24, 2.45) is 0 Å². The van der Waals surface area contributed by atoms with Crippen molar-refractivity contribution in [2.75, 3.05) is 53.9 Å². The first kappa shape index (κ1) is 23.5. The molecule has 7 nitrogen and oxygen atoms in total. The van der Waals surface area contributed by atoms with E-state index in [0.717, 1.165) is 44.5 Å². The second-order valence-electron chi connectivity index (χ2n) is 9.09. The maximum atomic E-state index is 13.3. The van der Waals surface area contributed by atoms with E-state index < -0.39 is 5.54 Å². The lowest BCUT2D eigenvalue weighted by Crippen LogP contribution is -2.57. The number of likely N-dealkylation sites (tertiary alicyclic amines) is 1. The number of methoxy groups -OCH3 is 1. The summed E-state index contributed by atoms with van der Waals surface area (Å²) in [5.41, 5.74) is 0.663. The summed E-state index contributed by atoms with van der Waals surface area (Å²) >= 11 is 0. The number of hydrogen-bond donors (Lipinski definition) is 0. The van der Waals surface area contributed by atoms with Gasteiger partial charge in [0.2, 0.25) is 0 Å². The van der Waals surface area contributed by atoms with Crippen molar-refractivity contribution < 1.29 is 14.3 Å². The number of ether oxygens (including phenoxy) is 1. The Morgan fingerprint density at radius 2 is 1.77 bits per heavy atom. The molecule has 0 aromatic heterocycles. The van der Waals surface area contributed by atoms with E-state index in [0.29, 0.717) is 25.7 Å². The number of imide groups is 1. The quantitative estimate of drug-likeness (QED) is 0.564. The highest BCUT2D eigenvalue weighted by atomic mass is 16.5. The van der Waals surface area contributed by atoms with Crippen molar-refractivity contribution in [1.82, 2.24) is 19.6 Å². The van der Waals surface area contributed by atoms with E-state index in [1.165, 1.54) is 10.5 Å². The van der Waals surface area contributed by atoms with Crippen LogP contribution in [0.4, 0.5) is 4.79 Å². The number of carbonyl (C=O) groups excluding carboxylic acids is 2. The summed E-state index contributed by atoms with van der Waals surface area (Å²) in [5, 5.41) is 0. The van der Waals surface area contributed by atoms with Crippen LogP contribution in [-0.2, 0) is 11.2 Å². The molecule has 2 heterocycles. The third-order valence-electron chi connectivity index (χ3n) is 6.97. The SMILES string of the molecule is CCN1C(=O)N(CCN(C)C)C(=O)C12CCN([C@@H](C)CCc1ccc(OC)cc1)CC2. The number of nitrogens with zero attached hydrogens (tertiary/aromatic N) is 4. The minimum absolute atomic E-state index is 0.00624. The molecule has 3 amide bonds. The Balaban J connectivity index is 1.58.